The third kappa shape index (κ3) is 5.90. The number of primary amides is 1. The molecule has 0 aromatic rings. The Morgan fingerprint density at radius 2 is 2.07 bits per heavy atom. The van der Waals surface area contributed by atoms with Gasteiger partial charge in [0.2, 0.25) is 5.91 Å². The van der Waals surface area contributed by atoms with Crippen LogP contribution in [-0.2, 0) is 19.4 Å². The topological polar surface area (TPSA) is 112 Å². The molecular weight excluding hydrogens is 208 g/mol. The Morgan fingerprint density at radius 3 is 2.50 bits per heavy atom. The zero-order valence-corrected chi connectivity index (χ0v) is 8.92. The average Bonchev–Trinajstić information content (AvgIpc) is 2.03. The van der Waals surface area contributed by atoms with Crippen LogP contribution in [0.5, 0.6) is 0 Å². The number of amides is 1. The summed E-state index contributed by atoms with van der Waals surface area (Å²) in [5.41, 5.74) is 10.1. The predicted molar refractivity (Wildman–Crippen MR) is 52.3 cm³/mol. The molecule has 4 N–H and O–H groups in total. The van der Waals surface area contributed by atoms with Gasteiger partial charge in [0.1, 0.15) is 0 Å². The van der Waals surface area contributed by atoms with Crippen molar-refractivity contribution in [3.63, 3.8) is 0 Å². The molecule has 0 radical (unpaired) electrons. The van der Waals surface area contributed by atoms with Crippen LogP contribution in [0, 0.1) is 0 Å². The summed E-state index contributed by atoms with van der Waals surface area (Å²) in [6.07, 6.45) is 0.393. The van der Waals surface area contributed by atoms with Crippen molar-refractivity contribution in [2.24, 2.45) is 11.5 Å². The van der Waals surface area contributed by atoms with Gasteiger partial charge in [-0.2, -0.15) is 0 Å². The lowest BCUT2D eigenvalue weighted by molar-refractivity contribution is -0.118. The first kappa shape index (κ1) is 13.3. The number of carbonyl (C=O) groups excluding carboxylic acids is 1. The normalized spacial score (nSPS) is 13.9. The second kappa shape index (κ2) is 5.94. The molecule has 1 atom stereocenters. The maximum absolute atomic E-state index is 11.3. The van der Waals surface area contributed by atoms with Crippen molar-refractivity contribution in [2.75, 3.05) is 25.2 Å². The number of nitrogens with two attached hydrogens (primary N) is 2. The molecule has 1 unspecified atom stereocenters. The van der Waals surface area contributed by atoms with Gasteiger partial charge in [0.05, 0.1) is 17.5 Å². The van der Waals surface area contributed by atoms with Crippen LogP contribution in [0.3, 0.4) is 0 Å². The van der Waals surface area contributed by atoms with E-state index < -0.39 is 27.5 Å². The first-order valence-corrected chi connectivity index (χ1v) is 5.95. The molecule has 14 heavy (non-hydrogen) atoms. The van der Waals surface area contributed by atoms with E-state index in [4.69, 9.17) is 16.2 Å². The maximum atomic E-state index is 11.3. The van der Waals surface area contributed by atoms with Crippen LogP contribution in [0.15, 0.2) is 0 Å². The van der Waals surface area contributed by atoms with Gasteiger partial charge in [-0.1, -0.05) is 0 Å². The van der Waals surface area contributed by atoms with Gasteiger partial charge in [-0.3, -0.25) is 4.79 Å². The summed E-state index contributed by atoms with van der Waals surface area (Å²) in [5, 5.41) is 0. The summed E-state index contributed by atoms with van der Waals surface area (Å²) in [4.78, 5) is 10.5. The van der Waals surface area contributed by atoms with Crippen LogP contribution < -0.4 is 11.5 Å². The summed E-state index contributed by atoms with van der Waals surface area (Å²) in [6.45, 7) is 0.366. The van der Waals surface area contributed by atoms with E-state index in [1.807, 2.05) is 0 Å². The molecule has 0 heterocycles. The monoisotopic (exact) mass is 224 g/mol. The van der Waals surface area contributed by atoms with Gasteiger partial charge >= 0.3 is 0 Å². The van der Waals surface area contributed by atoms with Crippen molar-refractivity contribution < 1.29 is 17.9 Å². The molecule has 0 saturated carbocycles. The second-order valence-corrected chi connectivity index (χ2v) is 5.20. The molecular formula is C7H16N2O4S. The Bertz CT molecular complexity index is 275. The fourth-order valence-electron chi connectivity index (χ4n) is 0.862. The van der Waals surface area contributed by atoms with Crippen LogP contribution >= 0.6 is 0 Å². The van der Waals surface area contributed by atoms with E-state index in [9.17, 15) is 13.2 Å². The quantitative estimate of drug-likeness (QED) is 0.498. The van der Waals surface area contributed by atoms with Crippen LogP contribution in [0.4, 0.5) is 0 Å². The molecule has 0 rings (SSSR count). The molecule has 0 aromatic heterocycles. The van der Waals surface area contributed by atoms with Gasteiger partial charge in [-0.25, -0.2) is 8.42 Å². The van der Waals surface area contributed by atoms with Crippen LogP contribution in [0.25, 0.3) is 0 Å². The number of ether oxygens (including phenoxy) is 1. The molecule has 0 aliphatic heterocycles. The highest BCUT2D eigenvalue weighted by Gasteiger charge is 2.19. The van der Waals surface area contributed by atoms with Crippen molar-refractivity contribution in [3.8, 4) is 0 Å². The standard InChI is InChI=1S/C7H16N2O4S/c1-13-3-2-4-14(11,12)5-6(8)7(9)10/h6H,2-5,8H2,1H3,(H2,9,10). The summed E-state index contributed by atoms with van der Waals surface area (Å²) in [5.74, 6) is -1.24. The minimum absolute atomic E-state index is 0.0399. The van der Waals surface area contributed by atoms with E-state index >= 15 is 0 Å². The number of hydrogen-bond acceptors (Lipinski definition) is 5. The van der Waals surface area contributed by atoms with Gasteiger partial charge in [-0.05, 0) is 6.42 Å². The molecule has 0 aromatic carbocycles. The fourth-order valence-corrected chi connectivity index (χ4v) is 2.30. The minimum Gasteiger partial charge on any atom is -0.385 e. The smallest absolute Gasteiger partial charge is 0.235 e. The van der Waals surface area contributed by atoms with E-state index in [1.165, 1.54) is 7.11 Å². The van der Waals surface area contributed by atoms with Crippen molar-refractivity contribution in [1.29, 1.82) is 0 Å². The van der Waals surface area contributed by atoms with Crippen LogP contribution in [-0.4, -0.2) is 45.6 Å². The molecule has 0 bridgehead atoms. The highest BCUT2D eigenvalue weighted by Crippen LogP contribution is 1.96. The Hall–Kier alpha value is -0.660. The summed E-state index contributed by atoms with van der Waals surface area (Å²) in [7, 11) is -1.82. The molecule has 1 amide bonds. The van der Waals surface area contributed by atoms with Crippen molar-refractivity contribution in [2.45, 2.75) is 12.5 Å². The highest BCUT2D eigenvalue weighted by molar-refractivity contribution is 7.91. The molecule has 0 saturated heterocycles. The SMILES string of the molecule is COCCCS(=O)(=O)CC(N)C(N)=O. The van der Waals surface area contributed by atoms with E-state index in [-0.39, 0.29) is 5.75 Å². The number of sulfone groups is 1. The molecule has 0 aliphatic rings. The van der Waals surface area contributed by atoms with Gasteiger partial charge in [0.15, 0.2) is 9.84 Å². The lowest BCUT2D eigenvalue weighted by atomic mass is 10.3. The molecule has 84 valence electrons. The third-order valence-corrected chi connectivity index (χ3v) is 3.38. The van der Waals surface area contributed by atoms with Crippen LogP contribution in [0.1, 0.15) is 6.42 Å². The Labute approximate surface area is 83.5 Å². The maximum Gasteiger partial charge on any atom is 0.235 e. The van der Waals surface area contributed by atoms with Crippen molar-refractivity contribution in [1.82, 2.24) is 0 Å². The molecule has 7 heteroatoms. The second-order valence-electron chi connectivity index (χ2n) is 2.97. The average molecular weight is 224 g/mol. The van der Waals surface area contributed by atoms with Crippen molar-refractivity contribution >= 4 is 15.7 Å². The first-order chi connectivity index (χ1) is 6.39. The summed E-state index contributed by atoms with van der Waals surface area (Å²) in [6, 6.07) is -1.12. The van der Waals surface area contributed by atoms with Crippen LogP contribution in [0.2, 0.25) is 0 Å². The number of carbonyl (C=O) groups is 1. The van der Waals surface area contributed by atoms with Gasteiger partial charge in [-0.15, -0.1) is 0 Å². The molecule has 0 fully saturated rings. The zero-order valence-electron chi connectivity index (χ0n) is 8.10. The highest BCUT2D eigenvalue weighted by atomic mass is 32.2. The fraction of sp³-hybridized carbons (Fsp3) is 0.857. The molecule has 0 aliphatic carbocycles. The Balaban J connectivity index is 4.01. The predicted octanol–water partition coefficient (Wildman–Crippen LogP) is -1.75. The van der Waals surface area contributed by atoms with Gasteiger partial charge < -0.3 is 16.2 Å². The van der Waals surface area contributed by atoms with E-state index in [0.717, 1.165) is 0 Å². The molecule has 6 nitrogen and oxygen atoms in total. The van der Waals surface area contributed by atoms with Gasteiger partial charge in [0.25, 0.3) is 0 Å². The lowest BCUT2D eigenvalue weighted by Gasteiger charge is -2.07. The van der Waals surface area contributed by atoms with E-state index in [0.29, 0.717) is 13.0 Å². The zero-order chi connectivity index (χ0) is 11.2. The first-order valence-electron chi connectivity index (χ1n) is 4.13. The Kier molecular flexibility index (Phi) is 5.66. The minimum atomic E-state index is -3.30. The lowest BCUT2D eigenvalue weighted by Crippen LogP contribution is -2.42. The number of methoxy groups -OCH3 is 1. The summed E-state index contributed by atoms with van der Waals surface area (Å²) < 4.78 is 27.3. The number of rotatable bonds is 7. The van der Waals surface area contributed by atoms with E-state index in [2.05, 4.69) is 0 Å². The largest absolute Gasteiger partial charge is 0.385 e. The third-order valence-electron chi connectivity index (χ3n) is 1.60. The molecule has 0 spiro atoms. The number of hydrogen-bond donors (Lipinski definition) is 2. The van der Waals surface area contributed by atoms with Crippen molar-refractivity contribution in [3.05, 3.63) is 0 Å². The Morgan fingerprint density at radius 1 is 1.50 bits per heavy atom. The van der Waals surface area contributed by atoms with Gasteiger partial charge in [0, 0.05) is 13.7 Å². The summed E-state index contributed by atoms with van der Waals surface area (Å²) >= 11 is 0. The van der Waals surface area contributed by atoms with E-state index in [1.54, 1.807) is 0 Å².